The van der Waals surface area contributed by atoms with Crippen molar-refractivity contribution in [2.75, 3.05) is 5.32 Å². The number of thiophene rings is 1. The standard InChI is InChI=1S/C22H18BrNO2S/c23-15-10-11-19(17(12-15)21(25)14-6-2-1-3-7-14)24-22(26)18-13-27-20-9-5-4-8-16(18)20/h1-3,6-7,10-13H,4-5,8-9H2,(H,24,26). The van der Waals surface area contributed by atoms with Crippen molar-refractivity contribution in [3.05, 3.63) is 85.5 Å². The van der Waals surface area contributed by atoms with Gasteiger partial charge in [-0.3, -0.25) is 9.59 Å². The normalized spacial score (nSPS) is 13.1. The lowest BCUT2D eigenvalue weighted by Gasteiger charge is -2.14. The van der Waals surface area contributed by atoms with Gasteiger partial charge in [-0.05, 0) is 49.4 Å². The van der Waals surface area contributed by atoms with Gasteiger partial charge in [-0.2, -0.15) is 0 Å². The molecule has 0 saturated heterocycles. The molecule has 0 unspecified atom stereocenters. The Kier molecular flexibility index (Phi) is 5.23. The number of carbonyl (C=O) groups excluding carboxylic acids is 2. The van der Waals surface area contributed by atoms with Gasteiger partial charge in [-0.1, -0.05) is 46.3 Å². The summed E-state index contributed by atoms with van der Waals surface area (Å²) >= 11 is 5.09. The molecule has 0 saturated carbocycles. The van der Waals surface area contributed by atoms with Crippen molar-refractivity contribution in [3.63, 3.8) is 0 Å². The molecule has 4 rings (SSSR count). The number of nitrogens with one attached hydrogen (secondary N) is 1. The molecule has 0 radical (unpaired) electrons. The van der Waals surface area contributed by atoms with Gasteiger partial charge < -0.3 is 5.32 Å². The molecule has 1 heterocycles. The first-order chi connectivity index (χ1) is 13.1. The third-order valence-corrected chi connectivity index (χ3v) is 6.40. The fourth-order valence-corrected chi connectivity index (χ4v) is 4.92. The molecule has 1 N–H and O–H groups in total. The van der Waals surface area contributed by atoms with Gasteiger partial charge in [0.05, 0.1) is 11.3 Å². The number of halogens is 1. The third kappa shape index (κ3) is 3.75. The predicted molar refractivity (Wildman–Crippen MR) is 113 cm³/mol. The van der Waals surface area contributed by atoms with E-state index in [1.807, 2.05) is 29.6 Å². The highest BCUT2D eigenvalue weighted by Gasteiger charge is 2.22. The van der Waals surface area contributed by atoms with E-state index < -0.39 is 0 Å². The van der Waals surface area contributed by atoms with Crippen LogP contribution in [0.2, 0.25) is 0 Å². The first-order valence-corrected chi connectivity index (χ1v) is 10.6. The molecule has 136 valence electrons. The number of hydrogen-bond donors (Lipinski definition) is 1. The molecule has 1 aliphatic carbocycles. The van der Waals surface area contributed by atoms with Crippen molar-refractivity contribution >= 4 is 44.6 Å². The predicted octanol–water partition coefficient (Wildman–Crippen LogP) is 5.87. The average Bonchev–Trinajstić information content (AvgIpc) is 3.14. The number of aryl methyl sites for hydroxylation is 1. The highest BCUT2D eigenvalue weighted by molar-refractivity contribution is 9.10. The van der Waals surface area contributed by atoms with Crippen LogP contribution in [0.25, 0.3) is 0 Å². The fourth-order valence-electron chi connectivity index (χ4n) is 3.43. The Morgan fingerprint density at radius 3 is 2.56 bits per heavy atom. The van der Waals surface area contributed by atoms with Crippen molar-refractivity contribution in [1.82, 2.24) is 0 Å². The molecule has 2 aromatic carbocycles. The maximum Gasteiger partial charge on any atom is 0.256 e. The number of amides is 1. The summed E-state index contributed by atoms with van der Waals surface area (Å²) in [6.07, 6.45) is 4.33. The Morgan fingerprint density at radius 2 is 1.74 bits per heavy atom. The summed E-state index contributed by atoms with van der Waals surface area (Å²) in [6, 6.07) is 14.5. The SMILES string of the molecule is O=C(c1ccccc1)c1cc(Br)ccc1NC(=O)c1csc2c1CCCC2. The fraction of sp³-hybridized carbons (Fsp3) is 0.182. The summed E-state index contributed by atoms with van der Waals surface area (Å²) in [7, 11) is 0. The van der Waals surface area contributed by atoms with Crippen LogP contribution in [0.5, 0.6) is 0 Å². The lowest BCUT2D eigenvalue weighted by Crippen LogP contribution is -2.17. The highest BCUT2D eigenvalue weighted by atomic mass is 79.9. The number of fused-ring (bicyclic) bond motifs is 1. The van der Waals surface area contributed by atoms with E-state index in [1.165, 1.54) is 16.9 Å². The number of hydrogen-bond acceptors (Lipinski definition) is 3. The molecule has 0 bridgehead atoms. The molecule has 3 nitrogen and oxygen atoms in total. The molecule has 0 aliphatic heterocycles. The second-order valence-corrected chi connectivity index (χ2v) is 8.48. The quantitative estimate of drug-likeness (QED) is 0.516. The van der Waals surface area contributed by atoms with Gasteiger partial charge in [0, 0.05) is 25.9 Å². The van der Waals surface area contributed by atoms with Crippen molar-refractivity contribution in [1.29, 1.82) is 0 Å². The highest BCUT2D eigenvalue weighted by Crippen LogP contribution is 2.31. The zero-order chi connectivity index (χ0) is 18.8. The Hall–Kier alpha value is -2.24. The average molecular weight is 440 g/mol. The van der Waals surface area contributed by atoms with Crippen LogP contribution < -0.4 is 5.32 Å². The summed E-state index contributed by atoms with van der Waals surface area (Å²) in [6.45, 7) is 0. The van der Waals surface area contributed by atoms with Crippen molar-refractivity contribution in [3.8, 4) is 0 Å². The van der Waals surface area contributed by atoms with Gasteiger partial charge in [-0.15, -0.1) is 11.3 Å². The minimum absolute atomic E-state index is 0.112. The van der Waals surface area contributed by atoms with Crippen LogP contribution >= 0.6 is 27.3 Å². The third-order valence-electron chi connectivity index (χ3n) is 4.82. The number of carbonyl (C=O) groups is 2. The van der Waals surface area contributed by atoms with Crippen molar-refractivity contribution < 1.29 is 9.59 Å². The molecule has 0 spiro atoms. The largest absolute Gasteiger partial charge is 0.321 e. The van der Waals surface area contributed by atoms with E-state index in [1.54, 1.807) is 35.6 Å². The number of rotatable bonds is 4. The Bertz CT molecular complexity index is 1010. The van der Waals surface area contributed by atoms with Gasteiger partial charge in [0.2, 0.25) is 0 Å². The lowest BCUT2D eigenvalue weighted by atomic mass is 9.95. The number of ketones is 1. The van der Waals surface area contributed by atoms with E-state index in [2.05, 4.69) is 21.2 Å². The maximum atomic E-state index is 12.9. The molecule has 1 aromatic heterocycles. The molecule has 3 aromatic rings. The Morgan fingerprint density at radius 1 is 0.963 bits per heavy atom. The minimum atomic E-state index is -0.140. The number of benzene rings is 2. The van der Waals surface area contributed by atoms with Gasteiger partial charge >= 0.3 is 0 Å². The Labute approximate surface area is 170 Å². The van der Waals surface area contributed by atoms with Crippen molar-refractivity contribution in [2.24, 2.45) is 0 Å². The van der Waals surface area contributed by atoms with Crippen LogP contribution in [0, 0.1) is 0 Å². The summed E-state index contributed by atoms with van der Waals surface area (Å²) in [5.74, 6) is -0.251. The van der Waals surface area contributed by atoms with Gasteiger partial charge in [0.15, 0.2) is 5.78 Å². The van der Waals surface area contributed by atoms with Crippen molar-refractivity contribution in [2.45, 2.75) is 25.7 Å². The first-order valence-electron chi connectivity index (χ1n) is 8.93. The van der Waals surface area contributed by atoms with E-state index in [4.69, 9.17) is 0 Å². The molecule has 5 heteroatoms. The van der Waals surface area contributed by atoms with E-state index >= 15 is 0 Å². The van der Waals surface area contributed by atoms with Gasteiger partial charge in [0.25, 0.3) is 5.91 Å². The molecular formula is C22H18BrNO2S. The minimum Gasteiger partial charge on any atom is -0.321 e. The maximum absolute atomic E-state index is 12.9. The second-order valence-electron chi connectivity index (χ2n) is 6.60. The van der Waals surface area contributed by atoms with Gasteiger partial charge in [0.1, 0.15) is 0 Å². The molecule has 1 aliphatic rings. The summed E-state index contributed by atoms with van der Waals surface area (Å²) in [5, 5.41) is 4.91. The van der Waals surface area contributed by atoms with E-state index in [9.17, 15) is 9.59 Å². The van der Waals surface area contributed by atoms with Crippen LogP contribution in [-0.2, 0) is 12.8 Å². The molecule has 0 atom stereocenters. The van der Waals surface area contributed by atoms with Crippen LogP contribution in [0.3, 0.4) is 0 Å². The summed E-state index contributed by atoms with van der Waals surface area (Å²) < 4.78 is 0.799. The number of anilines is 1. The smallest absolute Gasteiger partial charge is 0.256 e. The van der Waals surface area contributed by atoms with Crippen LogP contribution in [0.4, 0.5) is 5.69 Å². The molecule has 0 fully saturated rings. The monoisotopic (exact) mass is 439 g/mol. The summed E-state index contributed by atoms with van der Waals surface area (Å²) in [4.78, 5) is 27.2. The Balaban J connectivity index is 1.65. The molecular weight excluding hydrogens is 422 g/mol. The summed E-state index contributed by atoms with van der Waals surface area (Å²) in [5.41, 5.74) is 3.53. The molecule has 1 amide bonds. The first kappa shape index (κ1) is 18.1. The van der Waals surface area contributed by atoms with Crippen LogP contribution in [0.15, 0.2) is 58.4 Å². The van der Waals surface area contributed by atoms with E-state index in [0.29, 0.717) is 16.8 Å². The van der Waals surface area contributed by atoms with E-state index in [0.717, 1.165) is 29.3 Å². The second kappa shape index (κ2) is 7.79. The lowest BCUT2D eigenvalue weighted by molar-refractivity contribution is 0.102. The van der Waals surface area contributed by atoms with E-state index in [-0.39, 0.29) is 11.7 Å². The molecule has 27 heavy (non-hydrogen) atoms. The zero-order valence-corrected chi connectivity index (χ0v) is 17.0. The van der Waals surface area contributed by atoms with Crippen LogP contribution in [-0.4, -0.2) is 11.7 Å². The zero-order valence-electron chi connectivity index (χ0n) is 14.6. The topological polar surface area (TPSA) is 46.2 Å². The van der Waals surface area contributed by atoms with Crippen LogP contribution in [0.1, 0.15) is 49.6 Å². The van der Waals surface area contributed by atoms with Gasteiger partial charge in [-0.25, -0.2) is 0 Å².